The Hall–Kier alpha value is -2.63. The number of halogens is 1. The van der Waals surface area contributed by atoms with Gasteiger partial charge in [-0.15, -0.1) is 0 Å². The molecule has 0 aliphatic carbocycles. The maximum Gasteiger partial charge on any atom is 0.364 e. The molecular formula is C19H14ClNO4. The fourth-order valence-electron chi connectivity index (χ4n) is 3.25. The van der Waals surface area contributed by atoms with E-state index < -0.39 is 22.1 Å². The molecule has 1 aliphatic heterocycles. The zero-order valence-electron chi connectivity index (χ0n) is 13.0. The van der Waals surface area contributed by atoms with Gasteiger partial charge in [0.1, 0.15) is 5.75 Å². The number of aliphatic hydroxyl groups excluding tert-OH is 1. The van der Waals surface area contributed by atoms with Crippen LogP contribution in [0, 0.1) is 10.1 Å². The molecule has 25 heavy (non-hydrogen) atoms. The Kier molecular flexibility index (Phi) is 3.63. The minimum atomic E-state index is -2.21. The minimum absolute atomic E-state index is 0.311. The minimum Gasteiger partial charge on any atom is -0.476 e. The van der Waals surface area contributed by atoms with Crippen molar-refractivity contribution in [1.29, 1.82) is 0 Å². The van der Waals surface area contributed by atoms with Crippen molar-refractivity contribution < 1.29 is 14.8 Å². The topological polar surface area (TPSA) is 72.6 Å². The fraction of sp³-hybridized carbons (Fsp3) is 0.158. The molecule has 0 radical (unpaired) electrons. The van der Waals surface area contributed by atoms with E-state index in [9.17, 15) is 15.2 Å². The Morgan fingerprint density at radius 3 is 2.48 bits per heavy atom. The van der Waals surface area contributed by atoms with Crippen molar-refractivity contribution in [3.8, 4) is 5.75 Å². The second-order valence-electron chi connectivity index (χ2n) is 6.03. The molecule has 3 atom stereocenters. The van der Waals surface area contributed by atoms with Crippen LogP contribution in [0.4, 0.5) is 0 Å². The van der Waals surface area contributed by atoms with Crippen molar-refractivity contribution in [2.24, 2.45) is 0 Å². The number of fused-ring (bicyclic) bond motifs is 2. The lowest BCUT2D eigenvalue weighted by Gasteiger charge is -2.37. The molecule has 0 saturated carbocycles. The first-order valence-electron chi connectivity index (χ1n) is 7.77. The molecule has 0 saturated heterocycles. The number of rotatable bonds is 2. The van der Waals surface area contributed by atoms with E-state index in [2.05, 4.69) is 0 Å². The van der Waals surface area contributed by atoms with Gasteiger partial charge < -0.3 is 9.84 Å². The van der Waals surface area contributed by atoms with Gasteiger partial charge in [-0.1, -0.05) is 54.6 Å². The summed E-state index contributed by atoms with van der Waals surface area (Å²) in [6.07, 6.45) is -2.62. The third kappa shape index (κ3) is 2.35. The molecule has 0 amide bonds. The SMILES string of the molecule is O=[N+]([O-])C1(Cl)C(O)c2ccccc2OC1c1ccc2ccccc2c1. The van der Waals surface area contributed by atoms with Crippen molar-refractivity contribution in [3.05, 3.63) is 88.0 Å². The van der Waals surface area contributed by atoms with Crippen LogP contribution in [-0.2, 0) is 0 Å². The van der Waals surface area contributed by atoms with Crippen LogP contribution >= 0.6 is 11.6 Å². The third-order valence-corrected chi connectivity index (χ3v) is 5.11. The van der Waals surface area contributed by atoms with E-state index in [0.717, 1.165) is 10.8 Å². The largest absolute Gasteiger partial charge is 0.476 e. The van der Waals surface area contributed by atoms with Crippen LogP contribution in [0.1, 0.15) is 23.3 Å². The Bertz CT molecular complexity index is 976. The lowest BCUT2D eigenvalue weighted by Crippen LogP contribution is -2.49. The lowest BCUT2D eigenvalue weighted by atomic mass is 9.89. The Morgan fingerprint density at radius 1 is 1.04 bits per heavy atom. The maximum absolute atomic E-state index is 11.8. The molecule has 6 heteroatoms. The molecule has 3 aromatic carbocycles. The van der Waals surface area contributed by atoms with Gasteiger partial charge in [0.2, 0.25) is 6.10 Å². The van der Waals surface area contributed by atoms with Gasteiger partial charge in [-0.3, -0.25) is 10.1 Å². The summed E-state index contributed by atoms with van der Waals surface area (Å²) in [6, 6.07) is 19.8. The van der Waals surface area contributed by atoms with E-state index in [0.29, 0.717) is 16.9 Å². The zero-order chi connectivity index (χ0) is 17.6. The Labute approximate surface area is 148 Å². The molecule has 0 bridgehead atoms. The van der Waals surface area contributed by atoms with Gasteiger partial charge in [0, 0.05) is 11.1 Å². The van der Waals surface area contributed by atoms with Crippen LogP contribution in [0.15, 0.2) is 66.7 Å². The summed E-state index contributed by atoms with van der Waals surface area (Å²) in [5.41, 5.74) is 0.852. The number of hydrogen-bond donors (Lipinski definition) is 1. The molecule has 0 fully saturated rings. The second-order valence-corrected chi connectivity index (χ2v) is 6.64. The highest BCUT2D eigenvalue weighted by Crippen LogP contribution is 2.51. The smallest absolute Gasteiger partial charge is 0.364 e. The average molecular weight is 356 g/mol. The van der Waals surface area contributed by atoms with E-state index in [4.69, 9.17) is 16.3 Å². The quantitative estimate of drug-likeness (QED) is 0.323. The van der Waals surface area contributed by atoms with Crippen molar-refractivity contribution in [2.75, 3.05) is 0 Å². The third-order valence-electron chi connectivity index (χ3n) is 4.57. The number of ether oxygens (including phenoxy) is 1. The second kappa shape index (κ2) is 5.72. The van der Waals surface area contributed by atoms with Crippen LogP contribution in [-0.4, -0.2) is 15.0 Å². The van der Waals surface area contributed by atoms with Gasteiger partial charge >= 0.3 is 5.00 Å². The highest BCUT2D eigenvalue weighted by atomic mass is 35.5. The van der Waals surface area contributed by atoms with E-state index in [1.165, 1.54) is 0 Å². The molecular weight excluding hydrogens is 342 g/mol. The number of nitro groups is 1. The van der Waals surface area contributed by atoms with Crippen LogP contribution < -0.4 is 4.74 Å². The molecule has 3 aromatic rings. The van der Waals surface area contributed by atoms with Gasteiger partial charge in [-0.05, 0) is 34.5 Å². The van der Waals surface area contributed by atoms with Gasteiger partial charge in [0.15, 0.2) is 6.10 Å². The molecule has 0 aromatic heterocycles. The molecule has 126 valence electrons. The summed E-state index contributed by atoms with van der Waals surface area (Å²) in [6.45, 7) is 0. The van der Waals surface area contributed by atoms with Gasteiger partial charge in [-0.25, -0.2) is 0 Å². The number of nitrogens with zero attached hydrogens (tertiary/aromatic N) is 1. The van der Waals surface area contributed by atoms with Crippen molar-refractivity contribution in [1.82, 2.24) is 0 Å². The normalized spacial score (nSPS) is 25.2. The van der Waals surface area contributed by atoms with E-state index >= 15 is 0 Å². The number of hydrogen-bond acceptors (Lipinski definition) is 4. The highest BCUT2D eigenvalue weighted by molar-refractivity contribution is 6.23. The number of alkyl halides is 1. The molecule has 1 aliphatic rings. The van der Waals surface area contributed by atoms with Gasteiger partial charge in [0.25, 0.3) is 0 Å². The summed E-state index contributed by atoms with van der Waals surface area (Å²) in [5.74, 6) is 0.395. The highest BCUT2D eigenvalue weighted by Gasteiger charge is 2.61. The molecule has 1 heterocycles. The van der Waals surface area contributed by atoms with Crippen molar-refractivity contribution in [3.63, 3.8) is 0 Å². The van der Waals surface area contributed by atoms with Crippen LogP contribution in [0.25, 0.3) is 10.8 Å². The standard InChI is InChI=1S/C19H14ClNO4/c20-19(21(23)24)17(22)15-7-3-4-8-16(15)25-18(19)14-10-9-12-5-1-2-6-13(12)11-14/h1-11,17-18,22H. The van der Waals surface area contributed by atoms with Crippen molar-refractivity contribution in [2.45, 2.75) is 17.2 Å². The first kappa shape index (κ1) is 15.9. The van der Waals surface area contributed by atoms with E-state index in [1.807, 2.05) is 30.3 Å². The summed E-state index contributed by atoms with van der Waals surface area (Å²) in [7, 11) is 0. The lowest BCUT2D eigenvalue weighted by molar-refractivity contribution is -0.570. The van der Waals surface area contributed by atoms with Crippen LogP contribution in [0.2, 0.25) is 0 Å². The number of aliphatic hydroxyl groups is 1. The van der Waals surface area contributed by atoms with Crippen LogP contribution in [0.3, 0.4) is 0 Å². The van der Waals surface area contributed by atoms with Gasteiger partial charge in [-0.2, -0.15) is 0 Å². The molecule has 5 nitrogen and oxygen atoms in total. The predicted molar refractivity (Wildman–Crippen MR) is 94.3 cm³/mol. The monoisotopic (exact) mass is 355 g/mol. The number of para-hydroxylation sites is 1. The molecule has 4 rings (SSSR count). The summed E-state index contributed by atoms with van der Waals surface area (Å²) >= 11 is 6.37. The Morgan fingerprint density at radius 2 is 1.72 bits per heavy atom. The zero-order valence-corrected chi connectivity index (χ0v) is 13.8. The predicted octanol–water partition coefficient (Wildman–Crippen LogP) is 4.22. The van der Waals surface area contributed by atoms with E-state index in [1.54, 1.807) is 36.4 Å². The first-order valence-corrected chi connectivity index (χ1v) is 8.15. The maximum atomic E-state index is 11.8. The Balaban J connectivity index is 1.90. The summed E-state index contributed by atoms with van der Waals surface area (Å²) < 4.78 is 5.88. The van der Waals surface area contributed by atoms with Crippen LogP contribution in [0.5, 0.6) is 5.75 Å². The molecule has 0 spiro atoms. The van der Waals surface area contributed by atoms with E-state index in [-0.39, 0.29) is 0 Å². The molecule has 1 N–H and O–H groups in total. The molecule has 3 unspecified atom stereocenters. The van der Waals surface area contributed by atoms with Crippen molar-refractivity contribution >= 4 is 22.4 Å². The summed E-state index contributed by atoms with van der Waals surface area (Å²) in [4.78, 5) is 8.89. The fourth-order valence-corrected chi connectivity index (χ4v) is 3.54. The summed E-state index contributed by atoms with van der Waals surface area (Å²) in [5, 5.41) is 24.3. The first-order chi connectivity index (χ1) is 12.0. The number of benzene rings is 3. The van der Waals surface area contributed by atoms with Gasteiger partial charge in [0.05, 0.1) is 4.92 Å². The average Bonchev–Trinajstić information content (AvgIpc) is 2.64.